The topological polar surface area (TPSA) is 31.8 Å². The molecule has 0 atom stereocenters. The summed E-state index contributed by atoms with van der Waals surface area (Å²) in [5, 5.41) is 0. The molecule has 0 radical (unpaired) electrons. The van der Waals surface area contributed by atoms with Gasteiger partial charge in [-0.3, -0.25) is 4.90 Å². The molecule has 0 saturated carbocycles. The Kier molecular flexibility index (Phi) is 7.13. The molecule has 5 heteroatoms. The summed E-state index contributed by atoms with van der Waals surface area (Å²) in [4.78, 5) is 11.6. The quantitative estimate of drug-likeness (QED) is 0.182. The largest absolute Gasteiger partial charge is 0.457 e. The molecule has 9 rings (SSSR count). The lowest BCUT2D eigenvalue weighted by atomic mass is 9.92. The van der Waals surface area contributed by atoms with Crippen molar-refractivity contribution in [1.82, 2.24) is 4.98 Å². The molecule has 2 aliphatic heterocycles. The molecule has 0 amide bonds. The van der Waals surface area contributed by atoms with Gasteiger partial charge in [-0.1, -0.05) is 91.0 Å². The second kappa shape index (κ2) is 12.2. The van der Waals surface area contributed by atoms with Gasteiger partial charge in [-0.2, -0.15) is 0 Å². The number of pyridine rings is 1. The van der Waals surface area contributed by atoms with E-state index in [1.54, 1.807) is 0 Å². The van der Waals surface area contributed by atoms with Crippen LogP contribution in [0.4, 0.5) is 28.6 Å². The smallest absolute Gasteiger partial charge is 0.137 e. The summed E-state index contributed by atoms with van der Waals surface area (Å²) in [5.41, 5.74) is 11.3. The molecule has 234 valence electrons. The van der Waals surface area contributed by atoms with Crippen molar-refractivity contribution in [3.8, 4) is 44.9 Å². The van der Waals surface area contributed by atoms with Crippen molar-refractivity contribution in [3.63, 3.8) is 0 Å². The van der Waals surface area contributed by atoms with E-state index in [4.69, 9.17) is 9.72 Å². The molecule has 0 spiro atoms. The highest BCUT2D eigenvalue weighted by atomic mass is 16.5. The second-order valence-electron chi connectivity index (χ2n) is 12.2. The maximum atomic E-state index is 6.62. The fourth-order valence-electron chi connectivity index (χ4n) is 6.80. The molecule has 3 heterocycles. The van der Waals surface area contributed by atoms with Gasteiger partial charge in [-0.15, -0.1) is 0 Å². The minimum absolute atomic E-state index is 0.732. The molecule has 0 saturated heterocycles. The van der Waals surface area contributed by atoms with E-state index in [0.717, 1.165) is 57.9 Å². The summed E-state index contributed by atoms with van der Waals surface area (Å²) in [7, 11) is 0. The lowest BCUT2D eigenvalue weighted by Crippen LogP contribution is -2.24. The first kappa shape index (κ1) is 28.6. The van der Waals surface area contributed by atoms with Crippen molar-refractivity contribution < 1.29 is 4.74 Å². The Morgan fingerprint density at radius 1 is 0.449 bits per heavy atom. The van der Waals surface area contributed by atoms with Gasteiger partial charge in [0.05, 0.1) is 18.0 Å². The number of rotatable bonds is 6. The van der Waals surface area contributed by atoms with Gasteiger partial charge in [0, 0.05) is 53.2 Å². The Hall–Kier alpha value is -6.59. The van der Waals surface area contributed by atoms with Gasteiger partial charge in [0.2, 0.25) is 0 Å². The highest BCUT2D eigenvalue weighted by molar-refractivity contribution is 6.03. The third-order valence-corrected chi connectivity index (χ3v) is 9.14. The molecule has 0 fully saturated rings. The molecular formula is C44H32N4O. The lowest BCUT2D eigenvalue weighted by molar-refractivity contribution is 0.483. The van der Waals surface area contributed by atoms with Crippen molar-refractivity contribution in [3.05, 3.63) is 182 Å². The predicted octanol–water partition coefficient (Wildman–Crippen LogP) is 11.4. The standard InChI is InChI=1S/C44H32N4O/c1-3-12-32(13-4-1)33-21-24-42-41(28-33)39-19-8-7-18-38(39)40-23-22-37(30-43(40)48(42)44-20-9-10-25-45-44)49-36-17-11-16-35(29-36)47-27-26-46(31-47)34-14-5-2-6-15-34/h1-30H,31H2. The molecule has 0 unspecified atom stereocenters. The number of hydrogen-bond acceptors (Lipinski definition) is 5. The zero-order valence-corrected chi connectivity index (χ0v) is 26.7. The van der Waals surface area contributed by atoms with Crippen LogP contribution in [0.15, 0.2) is 182 Å². The van der Waals surface area contributed by atoms with Crippen LogP contribution in [-0.4, -0.2) is 11.7 Å². The van der Waals surface area contributed by atoms with E-state index < -0.39 is 0 Å². The summed E-state index contributed by atoms with van der Waals surface area (Å²) in [6.07, 6.45) is 6.07. The summed E-state index contributed by atoms with van der Waals surface area (Å²) in [6.45, 7) is 0.732. The second-order valence-corrected chi connectivity index (χ2v) is 12.2. The van der Waals surface area contributed by atoms with Crippen molar-refractivity contribution in [2.24, 2.45) is 0 Å². The Morgan fingerprint density at radius 2 is 1.14 bits per heavy atom. The van der Waals surface area contributed by atoms with Crippen LogP contribution >= 0.6 is 0 Å². The predicted molar refractivity (Wildman–Crippen MR) is 201 cm³/mol. The Labute approximate surface area is 286 Å². The van der Waals surface area contributed by atoms with Crippen molar-refractivity contribution in [2.45, 2.75) is 0 Å². The van der Waals surface area contributed by atoms with E-state index in [1.165, 1.54) is 22.3 Å². The number of hydrogen-bond donors (Lipinski definition) is 0. The zero-order chi connectivity index (χ0) is 32.6. The highest BCUT2D eigenvalue weighted by Crippen LogP contribution is 2.52. The maximum absolute atomic E-state index is 6.62. The number of aromatic nitrogens is 1. The van der Waals surface area contributed by atoms with Crippen LogP contribution in [0.3, 0.4) is 0 Å². The van der Waals surface area contributed by atoms with E-state index in [0.29, 0.717) is 0 Å². The van der Waals surface area contributed by atoms with Crippen LogP contribution in [0.25, 0.3) is 33.4 Å². The highest BCUT2D eigenvalue weighted by Gasteiger charge is 2.27. The van der Waals surface area contributed by atoms with Gasteiger partial charge >= 0.3 is 0 Å². The molecular weight excluding hydrogens is 601 g/mol. The number of ether oxygens (including phenoxy) is 1. The molecule has 5 nitrogen and oxygen atoms in total. The van der Waals surface area contributed by atoms with E-state index in [1.807, 2.05) is 36.5 Å². The molecule has 2 aliphatic rings. The van der Waals surface area contributed by atoms with Gasteiger partial charge in [0.15, 0.2) is 0 Å². The van der Waals surface area contributed by atoms with Crippen LogP contribution in [0.1, 0.15) is 0 Å². The third-order valence-electron chi connectivity index (χ3n) is 9.14. The molecule has 0 bridgehead atoms. The Bertz CT molecular complexity index is 2300. The average molecular weight is 633 g/mol. The van der Waals surface area contributed by atoms with Crippen molar-refractivity contribution in [2.75, 3.05) is 21.4 Å². The fraction of sp³-hybridized carbons (Fsp3) is 0.0227. The number of nitrogens with zero attached hydrogens (tertiary/aromatic N) is 4. The number of anilines is 5. The SMILES string of the molecule is C1=CN(c2cccc(Oc3ccc4c(c3)N(c3ccccn3)c3ccc(-c5ccccc5)cc3-c3ccccc3-4)c2)CN1c1ccccc1. The maximum Gasteiger partial charge on any atom is 0.137 e. The number of para-hydroxylation sites is 1. The molecule has 0 aliphatic carbocycles. The normalized spacial score (nSPS) is 13.0. The molecule has 6 aromatic carbocycles. The van der Waals surface area contributed by atoms with Crippen LogP contribution in [0, 0.1) is 0 Å². The Balaban J connectivity index is 1.11. The lowest BCUT2D eigenvalue weighted by Gasteiger charge is -2.27. The fourth-order valence-corrected chi connectivity index (χ4v) is 6.80. The van der Waals surface area contributed by atoms with Crippen LogP contribution in [0.5, 0.6) is 11.5 Å². The summed E-state index contributed by atoms with van der Waals surface area (Å²) >= 11 is 0. The first-order chi connectivity index (χ1) is 24.3. The number of benzene rings is 6. The van der Waals surface area contributed by atoms with Crippen LogP contribution < -0.4 is 19.4 Å². The summed E-state index contributed by atoms with van der Waals surface area (Å²) in [5.74, 6) is 2.37. The van der Waals surface area contributed by atoms with Gasteiger partial charge in [0.1, 0.15) is 17.3 Å². The van der Waals surface area contributed by atoms with E-state index in [2.05, 4.69) is 161 Å². The third kappa shape index (κ3) is 5.37. The number of fused-ring (bicyclic) bond motifs is 5. The molecule has 0 N–H and O–H groups in total. The molecule has 1 aromatic heterocycles. The molecule has 49 heavy (non-hydrogen) atoms. The van der Waals surface area contributed by atoms with Gasteiger partial charge < -0.3 is 14.5 Å². The van der Waals surface area contributed by atoms with Crippen molar-refractivity contribution >= 4 is 28.6 Å². The first-order valence-electron chi connectivity index (χ1n) is 16.5. The summed E-state index contributed by atoms with van der Waals surface area (Å²) in [6, 6.07) is 57.1. The van der Waals surface area contributed by atoms with Gasteiger partial charge in [-0.05, 0) is 82.9 Å². The van der Waals surface area contributed by atoms with E-state index in [-0.39, 0.29) is 0 Å². The van der Waals surface area contributed by atoms with Gasteiger partial charge in [0.25, 0.3) is 0 Å². The average Bonchev–Trinajstić information content (AvgIpc) is 3.63. The summed E-state index contributed by atoms with van der Waals surface area (Å²) < 4.78 is 6.62. The van der Waals surface area contributed by atoms with Crippen LogP contribution in [0.2, 0.25) is 0 Å². The zero-order valence-electron chi connectivity index (χ0n) is 26.7. The minimum Gasteiger partial charge on any atom is -0.457 e. The minimum atomic E-state index is 0.732. The van der Waals surface area contributed by atoms with Crippen LogP contribution in [-0.2, 0) is 0 Å². The van der Waals surface area contributed by atoms with E-state index in [9.17, 15) is 0 Å². The Morgan fingerprint density at radius 3 is 1.94 bits per heavy atom. The first-order valence-corrected chi connectivity index (χ1v) is 16.5. The monoisotopic (exact) mass is 632 g/mol. The van der Waals surface area contributed by atoms with Crippen molar-refractivity contribution in [1.29, 1.82) is 0 Å². The molecule has 7 aromatic rings. The van der Waals surface area contributed by atoms with Gasteiger partial charge in [-0.25, -0.2) is 4.98 Å². The van der Waals surface area contributed by atoms with E-state index >= 15 is 0 Å².